The predicted octanol–water partition coefficient (Wildman–Crippen LogP) is 3.33. The summed E-state index contributed by atoms with van der Waals surface area (Å²) in [4.78, 5) is 11.3. The maximum absolute atomic E-state index is 13.2. The number of rotatable bonds is 6. The molecule has 1 aromatic carbocycles. The first-order chi connectivity index (χ1) is 10.1. The summed E-state index contributed by atoms with van der Waals surface area (Å²) >= 11 is 3.04. The fraction of sp³-hybridized carbons (Fsp3) is 0.333. The van der Waals surface area contributed by atoms with Gasteiger partial charge in [-0.1, -0.05) is 24.3 Å². The Labute approximate surface area is 131 Å². The minimum atomic E-state index is -0.381. The normalized spacial score (nSPS) is 10.6. The standard InChI is InChI=1S/C15H16BrFN2O2/c1-2-21-14(20)7-6-11-4-3-5-12(8-11)9-19-10-13(17)15(16)18-19/h3-5,8,10H,2,6-7,9H2,1H3. The van der Waals surface area contributed by atoms with E-state index in [-0.39, 0.29) is 16.4 Å². The number of hydrogen-bond donors (Lipinski definition) is 0. The SMILES string of the molecule is CCOC(=O)CCc1cccc(Cn2cc(F)c(Br)n2)c1. The number of benzene rings is 1. The lowest BCUT2D eigenvalue weighted by Gasteiger charge is -2.06. The van der Waals surface area contributed by atoms with Crippen molar-refractivity contribution in [2.24, 2.45) is 0 Å². The molecule has 2 rings (SSSR count). The zero-order chi connectivity index (χ0) is 15.2. The Balaban J connectivity index is 1.98. The fourth-order valence-electron chi connectivity index (χ4n) is 2.00. The smallest absolute Gasteiger partial charge is 0.306 e. The summed E-state index contributed by atoms with van der Waals surface area (Å²) in [6, 6.07) is 7.82. The quantitative estimate of drug-likeness (QED) is 0.747. The molecule has 4 nitrogen and oxygen atoms in total. The Bertz CT molecular complexity index is 608. The number of aromatic nitrogens is 2. The Morgan fingerprint density at radius 2 is 2.19 bits per heavy atom. The number of esters is 1. The van der Waals surface area contributed by atoms with Crippen LogP contribution in [-0.4, -0.2) is 22.4 Å². The van der Waals surface area contributed by atoms with Gasteiger partial charge in [0.15, 0.2) is 10.4 Å². The van der Waals surface area contributed by atoms with Gasteiger partial charge in [0.25, 0.3) is 0 Å². The Morgan fingerprint density at radius 1 is 1.43 bits per heavy atom. The van der Waals surface area contributed by atoms with Gasteiger partial charge in [0.05, 0.1) is 19.3 Å². The summed E-state index contributed by atoms with van der Waals surface area (Å²) in [6.07, 6.45) is 2.33. The first-order valence-corrected chi connectivity index (χ1v) is 7.49. The van der Waals surface area contributed by atoms with Crippen LogP contribution in [0.2, 0.25) is 0 Å². The molecule has 0 atom stereocenters. The molecule has 0 spiro atoms. The maximum atomic E-state index is 13.2. The van der Waals surface area contributed by atoms with E-state index in [1.54, 1.807) is 6.92 Å². The van der Waals surface area contributed by atoms with Crippen molar-refractivity contribution >= 4 is 21.9 Å². The molecule has 0 fully saturated rings. The first-order valence-electron chi connectivity index (χ1n) is 6.70. The molecule has 1 heterocycles. The number of hydrogen-bond acceptors (Lipinski definition) is 3. The third-order valence-electron chi connectivity index (χ3n) is 2.93. The number of carbonyl (C=O) groups is 1. The Kier molecular flexibility index (Phi) is 5.50. The average molecular weight is 355 g/mol. The van der Waals surface area contributed by atoms with Crippen molar-refractivity contribution in [2.45, 2.75) is 26.3 Å². The van der Waals surface area contributed by atoms with E-state index in [1.165, 1.54) is 10.9 Å². The van der Waals surface area contributed by atoms with Gasteiger partial charge in [0.2, 0.25) is 0 Å². The van der Waals surface area contributed by atoms with Crippen LogP contribution in [0.15, 0.2) is 35.1 Å². The highest BCUT2D eigenvalue weighted by Crippen LogP contribution is 2.14. The highest BCUT2D eigenvalue weighted by Gasteiger charge is 2.07. The van der Waals surface area contributed by atoms with Gasteiger partial charge in [0, 0.05) is 6.42 Å². The molecule has 0 aliphatic carbocycles. The number of carbonyl (C=O) groups excluding carboxylic acids is 1. The molecule has 0 saturated heterocycles. The van der Waals surface area contributed by atoms with Gasteiger partial charge in [0.1, 0.15) is 0 Å². The molecular weight excluding hydrogens is 339 g/mol. The second-order valence-corrected chi connectivity index (χ2v) is 5.34. The molecule has 2 aromatic rings. The van der Waals surface area contributed by atoms with Crippen molar-refractivity contribution < 1.29 is 13.9 Å². The zero-order valence-corrected chi connectivity index (χ0v) is 13.3. The summed E-state index contributed by atoms with van der Waals surface area (Å²) < 4.78 is 19.9. The zero-order valence-electron chi connectivity index (χ0n) is 11.7. The molecule has 112 valence electrons. The van der Waals surface area contributed by atoms with Crippen molar-refractivity contribution in [3.63, 3.8) is 0 Å². The van der Waals surface area contributed by atoms with E-state index in [0.717, 1.165) is 11.1 Å². The van der Waals surface area contributed by atoms with E-state index in [0.29, 0.717) is 26.0 Å². The lowest BCUT2D eigenvalue weighted by atomic mass is 10.1. The van der Waals surface area contributed by atoms with E-state index in [1.807, 2.05) is 24.3 Å². The van der Waals surface area contributed by atoms with Crippen molar-refractivity contribution in [2.75, 3.05) is 6.61 Å². The van der Waals surface area contributed by atoms with Crippen LogP contribution in [0.4, 0.5) is 4.39 Å². The van der Waals surface area contributed by atoms with Crippen LogP contribution >= 0.6 is 15.9 Å². The topological polar surface area (TPSA) is 44.1 Å². The average Bonchev–Trinajstić information content (AvgIpc) is 2.76. The van der Waals surface area contributed by atoms with E-state index >= 15 is 0 Å². The van der Waals surface area contributed by atoms with Crippen molar-refractivity contribution in [3.8, 4) is 0 Å². The second-order valence-electron chi connectivity index (χ2n) is 4.59. The molecule has 0 unspecified atom stereocenters. The lowest BCUT2D eigenvalue weighted by Crippen LogP contribution is -2.05. The summed E-state index contributed by atoms with van der Waals surface area (Å²) in [7, 11) is 0. The van der Waals surface area contributed by atoms with Gasteiger partial charge in [-0.25, -0.2) is 4.39 Å². The minimum Gasteiger partial charge on any atom is -0.466 e. The molecule has 0 saturated carbocycles. The Hall–Kier alpha value is -1.69. The van der Waals surface area contributed by atoms with Gasteiger partial charge in [-0.3, -0.25) is 9.48 Å². The molecule has 0 aliphatic rings. The number of aryl methyl sites for hydroxylation is 1. The van der Waals surface area contributed by atoms with Gasteiger partial charge < -0.3 is 4.74 Å². The first kappa shape index (κ1) is 15.7. The molecular formula is C15H16BrFN2O2. The van der Waals surface area contributed by atoms with Crippen LogP contribution in [0.25, 0.3) is 0 Å². The molecule has 1 aromatic heterocycles. The predicted molar refractivity (Wildman–Crippen MR) is 80.4 cm³/mol. The van der Waals surface area contributed by atoms with Gasteiger partial charge >= 0.3 is 5.97 Å². The van der Waals surface area contributed by atoms with E-state index in [9.17, 15) is 9.18 Å². The summed E-state index contributed by atoms with van der Waals surface area (Å²) in [5.74, 6) is -0.575. The number of halogens is 2. The molecule has 0 amide bonds. The van der Waals surface area contributed by atoms with E-state index in [2.05, 4.69) is 21.0 Å². The van der Waals surface area contributed by atoms with Crippen LogP contribution in [0.3, 0.4) is 0 Å². The monoisotopic (exact) mass is 354 g/mol. The van der Waals surface area contributed by atoms with Crippen LogP contribution < -0.4 is 0 Å². The van der Waals surface area contributed by atoms with E-state index < -0.39 is 0 Å². The molecule has 0 radical (unpaired) electrons. The van der Waals surface area contributed by atoms with Crippen molar-refractivity contribution in [1.29, 1.82) is 0 Å². The Morgan fingerprint density at radius 3 is 2.86 bits per heavy atom. The van der Waals surface area contributed by atoms with Gasteiger partial charge in [-0.2, -0.15) is 5.10 Å². The van der Waals surface area contributed by atoms with Crippen LogP contribution in [0.5, 0.6) is 0 Å². The van der Waals surface area contributed by atoms with Crippen LogP contribution in [0, 0.1) is 5.82 Å². The molecule has 21 heavy (non-hydrogen) atoms. The largest absolute Gasteiger partial charge is 0.466 e. The maximum Gasteiger partial charge on any atom is 0.306 e. The minimum absolute atomic E-state index is 0.194. The van der Waals surface area contributed by atoms with Crippen LogP contribution in [-0.2, 0) is 22.5 Å². The van der Waals surface area contributed by atoms with Crippen LogP contribution in [0.1, 0.15) is 24.5 Å². The summed E-state index contributed by atoms with van der Waals surface area (Å²) in [6.45, 7) is 2.67. The summed E-state index contributed by atoms with van der Waals surface area (Å²) in [5.41, 5.74) is 2.05. The van der Waals surface area contributed by atoms with Crippen molar-refractivity contribution in [3.05, 3.63) is 52.0 Å². The van der Waals surface area contributed by atoms with Gasteiger partial charge in [-0.15, -0.1) is 0 Å². The molecule has 0 N–H and O–H groups in total. The molecule has 0 bridgehead atoms. The third kappa shape index (κ3) is 4.67. The highest BCUT2D eigenvalue weighted by atomic mass is 79.9. The number of nitrogens with zero attached hydrogens (tertiary/aromatic N) is 2. The number of ether oxygens (including phenoxy) is 1. The van der Waals surface area contributed by atoms with E-state index in [4.69, 9.17) is 4.74 Å². The van der Waals surface area contributed by atoms with Crippen molar-refractivity contribution in [1.82, 2.24) is 9.78 Å². The summed E-state index contributed by atoms with van der Waals surface area (Å²) in [5, 5.41) is 4.02. The highest BCUT2D eigenvalue weighted by molar-refractivity contribution is 9.10. The molecule has 6 heteroatoms. The molecule has 0 aliphatic heterocycles. The lowest BCUT2D eigenvalue weighted by molar-refractivity contribution is -0.143. The van der Waals surface area contributed by atoms with Gasteiger partial charge in [-0.05, 0) is 40.4 Å². The fourth-order valence-corrected chi connectivity index (χ4v) is 2.31. The third-order valence-corrected chi connectivity index (χ3v) is 3.47. The second kappa shape index (κ2) is 7.36.